The van der Waals surface area contributed by atoms with Crippen molar-refractivity contribution in [2.24, 2.45) is 0 Å². The van der Waals surface area contributed by atoms with Crippen LogP contribution in [0.15, 0.2) is 0 Å². The van der Waals surface area contributed by atoms with Gasteiger partial charge in [-0.3, -0.25) is 4.79 Å². The molecule has 1 amide bonds. The van der Waals surface area contributed by atoms with Crippen LogP contribution >= 0.6 is 0 Å². The number of aliphatic hydroxyl groups excluding tert-OH is 3. The van der Waals surface area contributed by atoms with Crippen LogP contribution in [0.4, 0.5) is 0 Å². The van der Waals surface area contributed by atoms with Crippen LogP contribution in [0.2, 0.25) is 0 Å². The normalized spacial score (nSPS) is 24.1. The van der Waals surface area contributed by atoms with E-state index in [1.54, 1.807) is 0 Å². The smallest absolute Gasteiger partial charge is 0.220 e. The van der Waals surface area contributed by atoms with Crippen LogP contribution in [-0.2, 0) is 4.79 Å². The molecule has 5 N–H and O–H groups in total. The van der Waals surface area contributed by atoms with Gasteiger partial charge in [0.05, 0.1) is 18.2 Å². The fraction of sp³-hybridized carbons (Fsp3) is 0.958. The van der Waals surface area contributed by atoms with Gasteiger partial charge in [0.1, 0.15) is 6.10 Å². The summed E-state index contributed by atoms with van der Waals surface area (Å²) in [5.41, 5.74) is 0. The molecule has 0 radical (unpaired) electrons. The maximum atomic E-state index is 11.9. The van der Waals surface area contributed by atoms with Crippen LogP contribution in [0, 0.1) is 0 Å². The van der Waals surface area contributed by atoms with Gasteiger partial charge in [-0.25, -0.2) is 0 Å². The summed E-state index contributed by atoms with van der Waals surface area (Å²) in [6, 6.07) is -0.423. The molecule has 1 rings (SSSR count). The summed E-state index contributed by atoms with van der Waals surface area (Å²) in [6.45, 7) is 2.75. The first-order chi connectivity index (χ1) is 14.6. The van der Waals surface area contributed by atoms with E-state index >= 15 is 0 Å². The molecule has 0 aromatic carbocycles. The number of amides is 1. The summed E-state index contributed by atoms with van der Waals surface area (Å²) in [5, 5.41) is 34.8. The fourth-order valence-electron chi connectivity index (χ4n) is 4.14. The lowest BCUT2D eigenvalue weighted by atomic mass is 9.96. The van der Waals surface area contributed by atoms with E-state index in [4.69, 9.17) is 0 Å². The Morgan fingerprint density at radius 2 is 1.23 bits per heavy atom. The largest absolute Gasteiger partial charge is 0.389 e. The van der Waals surface area contributed by atoms with Crippen LogP contribution in [0.5, 0.6) is 0 Å². The number of rotatable bonds is 18. The third-order valence-electron chi connectivity index (χ3n) is 6.27. The number of carbonyl (C=O) groups is 1. The Morgan fingerprint density at radius 3 is 1.73 bits per heavy atom. The highest BCUT2D eigenvalue weighted by atomic mass is 16.4. The minimum absolute atomic E-state index is 0.0145. The molecule has 4 atom stereocenters. The van der Waals surface area contributed by atoms with E-state index in [2.05, 4.69) is 17.6 Å². The maximum absolute atomic E-state index is 11.9. The topological polar surface area (TPSA) is 102 Å². The highest BCUT2D eigenvalue weighted by molar-refractivity contribution is 5.75. The molecule has 1 aliphatic rings. The lowest BCUT2D eigenvalue weighted by molar-refractivity contribution is -0.122. The molecule has 1 saturated heterocycles. The summed E-state index contributed by atoms with van der Waals surface area (Å²) in [4.78, 5) is 11.9. The zero-order chi connectivity index (χ0) is 22.0. The minimum atomic E-state index is -1.16. The summed E-state index contributed by atoms with van der Waals surface area (Å²) < 4.78 is 0. The summed E-state index contributed by atoms with van der Waals surface area (Å²) in [7, 11) is 0. The molecule has 0 bridgehead atoms. The fourth-order valence-corrected chi connectivity index (χ4v) is 4.14. The molecule has 30 heavy (non-hydrogen) atoms. The molecule has 0 saturated carbocycles. The molecule has 178 valence electrons. The highest BCUT2D eigenvalue weighted by Gasteiger charge is 2.36. The second-order valence-electron chi connectivity index (χ2n) is 9.07. The van der Waals surface area contributed by atoms with Crippen molar-refractivity contribution in [3.8, 4) is 0 Å². The Labute approximate surface area is 184 Å². The van der Waals surface area contributed by atoms with E-state index in [9.17, 15) is 20.1 Å². The lowest BCUT2D eigenvalue weighted by Crippen LogP contribution is -2.62. The van der Waals surface area contributed by atoms with Crippen LogP contribution in [-0.4, -0.2) is 58.7 Å². The zero-order valence-corrected chi connectivity index (χ0v) is 19.3. The molecular weight excluding hydrogens is 380 g/mol. The van der Waals surface area contributed by atoms with Gasteiger partial charge in [0, 0.05) is 19.5 Å². The third-order valence-corrected chi connectivity index (χ3v) is 6.27. The standard InChI is InChI=1S/C24H48N2O4/c1-2-3-4-5-6-7-8-9-10-11-12-13-14-15-16-17-22(28)26-18-20-23(29)24(30)21(27)19-25-20/h20-21,23-25,27,29-30H,2-19H2,1H3,(H,26,28)/t20-,21+,23-,24-/m1/s1. The molecule has 6 nitrogen and oxygen atoms in total. The number of carbonyl (C=O) groups excluding carboxylic acids is 1. The summed E-state index contributed by atoms with van der Waals surface area (Å²) in [5.74, 6) is -0.0145. The lowest BCUT2D eigenvalue weighted by Gasteiger charge is -2.36. The van der Waals surface area contributed by atoms with Gasteiger partial charge in [0.25, 0.3) is 0 Å². The van der Waals surface area contributed by atoms with E-state index < -0.39 is 24.4 Å². The van der Waals surface area contributed by atoms with Crippen molar-refractivity contribution in [3.05, 3.63) is 0 Å². The molecule has 1 heterocycles. The van der Waals surface area contributed by atoms with E-state index in [1.807, 2.05) is 0 Å². The number of aliphatic hydroxyl groups is 3. The number of hydrogen-bond donors (Lipinski definition) is 5. The van der Waals surface area contributed by atoms with Gasteiger partial charge in [0.15, 0.2) is 0 Å². The summed E-state index contributed by atoms with van der Waals surface area (Å²) >= 11 is 0. The number of β-amino-alcohol motifs (C(OH)–C–C–N with tert-alkyl or cyclic N) is 1. The Hall–Kier alpha value is -0.690. The van der Waals surface area contributed by atoms with Gasteiger partial charge in [0.2, 0.25) is 5.91 Å². The van der Waals surface area contributed by atoms with Crippen LogP contribution < -0.4 is 10.6 Å². The molecular formula is C24H48N2O4. The Morgan fingerprint density at radius 1 is 0.767 bits per heavy atom. The van der Waals surface area contributed by atoms with Crippen molar-refractivity contribution in [1.82, 2.24) is 10.6 Å². The van der Waals surface area contributed by atoms with E-state index in [0.29, 0.717) is 6.42 Å². The van der Waals surface area contributed by atoms with Crippen LogP contribution in [0.1, 0.15) is 110 Å². The molecule has 0 aliphatic carbocycles. The predicted molar refractivity (Wildman–Crippen MR) is 122 cm³/mol. The highest BCUT2D eigenvalue weighted by Crippen LogP contribution is 2.14. The number of hydrogen-bond acceptors (Lipinski definition) is 5. The molecule has 1 aliphatic heterocycles. The van der Waals surface area contributed by atoms with E-state index in [-0.39, 0.29) is 19.0 Å². The molecule has 0 unspecified atom stereocenters. The maximum Gasteiger partial charge on any atom is 0.220 e. The SMILES string of the molecule is CCCCCCCCCCCCCCCCCC(=O)NC[C@H]1NC[C@H](O)[C@@H](O)[C@@H]1O. The van der Waals surface area contributed by atoms with Gasteiger partial charge in [-0.2, -0.15) is 0 Å². The quantitative estimate of drug-likeness (QED) is 0.215. The van der Waals surface area contributed by atoms with Gasteiger partial charge in [-0.1, -0.05) is 96.8 Å². The van der Waals surface area contributed by atoms with Gasteiger partial charge >= 0.3 is 0 Å². The summed E-state index contributed by atoms with van der Waals surface area (Å²) in [6.07, 6.45) is 16.9. The first-order valence-corrected chi connectivity index (χ1v) is 12.6. The first-order valence-electron chi connectivity index (χ1n) is 12.6. The molecule has 6 heteroatoms. The Kier molecular flexibility index (Phi) is 16.3. The number of piperidine rings is 1. The van der Waals surface area contributed by atoms with Crippen molar-refractivity contribution < 1.29 is 20.1 Å². The minimum Gasteiger partial charge on any atom is -0.389 e. The van der Waals surface area contributed by atoms with Gasteiger partial charge in [-0.15, -0.1) is 0 Å². The molecule has 0 aromatic rings. The second-order valence-corrected chi connectivity index (χ2v) is 9.07. The number of nitrogens with one attached hydrogen (secondary N) is 2. The Balaban J connectivity index is 1.84. The first kappa shape index (κ1) is 27.3. The van der Waals surface area contributed by atoms with Gasteiger partial charge in [-0.05, 0) is 6.42 Å². The number of unbranched alkanes of at least 4 members (excludes halogenated alkanes) is 14. The van der Waals surface area contributed by atoms with Crippen LogP contribution in [0.3, 0.4) is 0 Å². The van der Waals surface area contributed by atoms with Crippen LogP contribution in [0.25, 0.3) is 0 Å². The van der Waals surface area contributed by atoms with Crippen molar-refractivity contribution in [2.45, 2.75) is 134 Å². The monoisotopic (exact) mass is 428 g/mol. The van der Waals surface area contributed by atoms with E-state index in [1.165, 1.54) is 83.5 Å². The predicted octanol–water partition coefficient (Wildman–Crippen LogP) is 3.42. The van der Waals surface area contributed by atoms with E-state index in [0.717, 1.165) is 12.8 Å². The molecule has 0 aromatic heterocycles. The second kappa shape index (κ2) is 17.9. The van der Waals surface area contributed by atoms with Gasteiger partial charge < -0.3 is 26.0 Å². The van der Waals surface area contributed by atoms with Crippen molar-refractivity contribution in [3.63, 3.8) is 0 Å². The molecule has 0 spiro atoms. The molecule has 1 fully saturated rings. The third kappa shape index (κ3) is 12.9. The Bertz CT molecular complexity index is 422. The van der Waals surface area contributed by atoms with Crippen molar-refractivity contribution in [2.75, 3.05) is 13.1 Å². The zero-order valence-electron chi connectivity index (χ0n) is 19.3. The average Bonchev–Trinajstić information content (AvgIpc) is 2.74. The van der Waals surface area contributed by atoms with Crippen molar-refractivity contribution >= 4 is 5.91 Å². The van der Waals surface area contributed by atoms with Crippen molar-refractivity contribution in [1.29, 1.82) is 0 Å². The average molecular weight is 429 g/mol.